The molecule has 0 amide bonds. The molecule has 0 spiro atoms. The van der Waals surface area contributed by atoms with Crippen LogP contribution >= 0.6 is 15.9 Å². The van der Waals surface area contributed by atoms with Gasteiger partial charge < -0.3 is 5.32 Å². The number of rotatable bonds is 3. The second kappa shape index (κ2) is 4.67. The molecule has 2 heteroatoms. The summed E-state index contributed by atoms with van der Waals surface area (Å²) in [4.78, 5) is 0. The van der Waals surface area contributed by atoms with Crippen LogP contribution < -0.4 is 5.32 Å². The molecule has 3 atom stereocenters. The summed E-state index contributed by atoms with van der Waals surface area (Å²) < 4.78 is 1.18. The van der Waals surface area contributed by atoms with Gasteiger partial charge in [-0.15, -0.1) is 0 Å². The summed E-state index contributed by atoms with van der Waals surface area (Å²) in [5, 5.41) is 6.18. The number of benzene rings is 2. The van der Waals surface area contributed by atoms with E-state index in [-0.39, 0.29) is 0 Å². The maximum Gasteiger partial charge on any atom is 0.0355 e. The highest BCUT2D eigenvalue weighted by molar-refractivity contribution is 9.10. The Morgan fingerprint density at radius 3 is 2.44 bits per heavy atom. The normalized spacial score (nSPS) is 24.2. The topological polar surface area (TPSA) is 12.0 Å². The summed E-state index contributed by atoms with van der Waals surface area (Å²) in [6.07, 6.45) is 1.34. The Morgan fingerprint density at radius 2 is 1.83 bits per heavy atom. The fourth-order valence-electron chi connectivity index (χ4n) is 2.97. The molecule has 0 saturated heterocycles. The number of halogens is 1. The van der Waals surface area contributed by atoms with E-state index >= 15 is 0 Å². The first kappa shape index (κ1) is 12.2. The van der Waals surface area contributed by atoms with E-state index < -0.39 is 0 Å². The Morgan fingerprint density at radius 1 is 1.17 bits per heavy atom. The van der Waals surface area contributed by atoms with Gasteiger partial charge in [0.05, 0.1) is 0 Å². The quantitative estimate of drug-likeness (QED) is 0.879. The molecule has 2 aromatic carbocycles. The maximum atomic E-state index is 3.65. The van der Waals surface area contributed by atoms with E-state index in [9.17, 15) is 0 Å². The summed E-state index contributed by atoms with van der Waals surface area (Å²) in [6, 6.07) is 13.6. The van der Waals surface area contributed by atoms with Crippen LogP contribution in [-0.4, -0.2) is 7.05 Å². The molecule has 0 aromatic heterocycles. The van der Waals surface area contributed by atoms with Crippen LogP contribution in [0.3, 0.4) is 0 Å². The van der Waals surface area contributed by atoms with E-state index in [0.717, 1.165) is 11.8 Å². The summed E-state index contributed by atoms with van der Waals surface area (Å²) >= 11 is 3.65. The third kappa shape index (κ3) is 1.98. The van der Waals surface area contributed by atoms with Crippen molar-refractivity contribution in [3.63, 3.8) is 0 Å². The van der Waals surface area contributed by atoms with E-state index in [4.69, 9.17) is 0 Å². The number of nitrogens with one attached hydrogen (secondary N) is 1. The first-order valence-corrected chi connectivity index (χ1v) is 7.36. The van der Waals surface area contributed by atoms with Gasteiger partial charge in [0.1, 0.15) is 0 Å². The highest BCUT2D eigenvalue weighted by Crippen LogP contribution is 2.48. The molecule has 2 aromatic rings. The third-order valence-electron chi connectivity index (χ3n) is 4.15. The van der Waals surface area contributed by atoms with Crippen LogP contribution in [0.15, 0.2) is 40.9 Å². The van der Waals surface area contributed by atoms with E-state index in [1.165, 1.54) is 27.2 Å². The summed E-state index contributed by atoms with van der Waals surface area (Å²) in [5.74, 6) is 1.64. The molecule has 1 fully saturated rings. The lowest BCUT2D eigenvalue weighted by Crippen LogP contribution is -2.19. The highest BCUT2D eigenvalue weighted by atomic mass is 79.9. The fraction of sp³-hybridized carbons (Fsp3) is 0.375. The molecule has 3 unspecified atom stereocenters. The average Bonchev–Trinajstić information content (AvgIpc) is 3.10. The van der Waals surface area contributed by atoms with Crippen molar-refractivity contribution < 1.29 is 0 Å². The lowest BCUT2D eigenvalue weighted by molar-refractivity contribution is 0.507. The Labute approximate surface area is 117 Å². The summed E-state index contributed by atoms with van der Waals surface area (Å²) in [6.45, 7) is 2.34. The van der Waals surface area contributed by atoms with Crippen LogP contribution in [0.4, 0.5) is 0 Å². The molecule has 0 radical (unpaired) electrons. The first-order chi connectivity index (χ1) is 8.72. The van der Waals surface area contributed by atoms with Gasteiger partial charge in [0, 0.05) is 10.5 Å². The number of hydrogen-bond donors (Lipinski definition) is 1. The Hall–Kier alpha value is -0.860. The van der Waals surface area contributed by atoms with Crippen LogP contribution in [0.1, 0.15) is 24.9 Å². The highest BCUT2D eigenvalue weighted by Gasteiger charge is 2.39. The third-order valence-corrected chi connectivity index (χ3v) is 4.84. The van der Waals surface area contributed by atoms with Gasteiger partial charge in [0.2, 0.25) is 0 Å². The SMILES string of the molecule is CNC(c1ccc(Br)c2ccccc12)C1CC1C. The van der Waals surface area contributed by atoms with E-state index in [1.54, 1.807) is 0 Å². The second-order valence-electron chi connectivity index (χ2n) is 5.33. The molecule has 0 heterocycles. The van der Waals surface area contributed by atoms with Crippen LogP contribution in [0.5, 0.6) is 0 Å². The molecule has 1 aliphatic rings. The van der Waals surface area contributed by atoms with Crippen molar-refractivity contribution in [1.82, 2.24) is 5.32 Å². The standard InChI is InChI=1S/C16H18BrN/c1-10-9-14(10)16(18-2)13-7-8-15(17)12-6-4-3-5-11(12)13/h3-8,10,14,16,18H,9H2,1-2H3. The van der Waals surface area contributed by atoms with Crippen molar-refractivity contribution >= 4 is 26.7 Å². The van der Waals surface area contributed by atoms with E-state index in [1.807, 2.05) is 0 Å². The Balaban J connectivity index is 2.14. The van der Waals surface area contributed by atoms with Gasteiger partial charge in [0.25, 0.3) is 0 Å². The second-order valence-corrected chi connectivity index (χ2v) is 6.18. The Kier molecular flexibility index (Phi) is 3.16. The minimum absolute atomic E-state index is 0.484. The fourth-order valence-corrected chi connectivity index (χ4v) is 3.45. The van der Waals surface area contributed by atoms with Crippen LogP contribution in [0.2, 0.25) is 0 Å². The van der Waals surface area contributed by atoms with E-state index in [0.29, 0.717) is 6.04 Å². The minimum Gasteiger partial charge on any atom is -0.313 e. The summed E-state index contributed by atoms with van der Waals surface area (Å²) in [7, 11) is 2.08. The van der Waals surface area contributed by atoms with Gasteiger partial charge >= 0.3 is 0 Å². The first-order valence-electron chi connectivity index (χ1n) is 6.56. The van der Waals surface area contributed by atoms with Gasteiger partial charge in [-0.1, -0.05) is 53.2 Å². The number of hydrogen-bond acceptors (Lipinski definition) is 1. The molecular weight excluding hydrogens is 286 g/mol. The van der Waals surface area contributed by atoms with Crippen molar-refractivity contribution in [2.45, 2.75) is 19.4 Å². The van der Waals surface area contributed by atoms with Crippen molar-refractivity contribution in [2.24, 2.45) is 11.8 Å². The molecule has 94 valence electrons. The molecule has 1 aliphatic carbocycles. The smallest absolute Gasteiger partial charge is 0.0355 e. The van der Waals surface area contributed by atoms with Gasteiger partial charge in [-0.25, -0.2) is 0 Å². The molecule has 1 saturated carbocycles. The lowest BCUT2D eigenvalue weighted by Gasteiger charge is -2.19. The zero-order valence-electron chi connectivity index (χ0n) is 10.8. The van der Waals surface area contributed by atoms with Gasteiger partial charge in [0.15, 0.2) is 0 Å². The van der Waals surface area contributed by atoms with Crippen molar-refractivity contribution in [2.75, 3.05) is 7.05 Å². The average molecular weight is 304 g/mol. The predicted octanol–water partition coefficient (Wildman–Crippen LogP) is 4.52. The van der Waals surface area contributed by atoms with Crippen LogP contribution in [-0.2, 0) is 0 Å². The summed E-state index contributed by atoms with van der Waals surface area (Å²) in [5.41, 5.74) is 1.44. The molecule has 18 heavy (non-hydrogen) atoms. The molecule has 0 bridgehead atoms. The molecule has 0 aliphatic heterocycles. The maximum absolute atomic E-state index is 3.65. The molecular formula is C16H18BrN. The predicted molar refractivity (Wildman–Crippen MR) is 80.7 cm³/mol. The monoisotopic (exact) mass is 303 g/mol. The minimum atomic E-state index is 0.484. The van der Waals surface area contributed by atoms with Crippen molar-refractivity contribution in [3.05, 3.63) is 46.4 Å². The molecule has 3 rings (SSSR count). The van der Waals surface area contributed by atoms with Gasteiger partial charge in [-0.3, -0.25) is 0 Å². The Bertz CT molecular complexity index is 578. The molecule has 1 nitrogen and oxygen atoms in total. The van der Waals surface area contributed by atoms with E-state index in [2.05, 4.69) is 71.6 Å². The largest absolute Gasteiger partial charge is 0.313 e. The van der Waals surface area contributed by atoms with Crippen molar-refractivity contribution in [1.29, 1.82) is 0 Å². The van der Waals surface area contributed by atoms with Crippen LogP contribution in [0, 0.1) is 11.8 Å². The van der Waals surface area contributed by atoms with Gasteiger partial charge in [-0.05, 0) is 47.7 Å². The number of fused-ring (bicyclic) bond motifs is 1. The zero-order chi connectivity index (χ0) is 12.7. The van der Waals surface area contributed by atoms with Crippen LogP contribution in [0.25, 0.3) is 10.8 Å². The lowest BCUT2D eigenvalue weighted by atomic mass is 9.95. The zero-order valence-corrected chi connectivity index (χ0v) is 12.4. The van der Waals surface area contributed by atoms with Crippen molar-refractivity contribution in [3.8, 4) is 0 Å². The van der Waals surface area contributed by atoms with Gasteiger partial charge in [-0.2, -0.15) is 0 Å². The molecule has 1 N–H and O–H groups in total.